The molecular formula is C13H17N5O. The van der Waals surface area contributed by atoms with Gasteiger partial charge in [0, 0.05) is 38.0 Å². The Morgan fingerprint density at radius 1 is 1.47 bits per heavy atom. The zero-order valence-electron chi connectivity index (χ0n) is 11.0. The fourth-order valence-corrected chi connectivity index (χ4v) is 1.94. The molecular weight excluding hydrogens is 242 g/mol. The maximum absolute atomic E-state index is 11.2. The molecule has 0 saturated carbocycles. The monoisotopic (exact) mass is 259 g/mol. The molecule has 6 nitrogen and oxygen atoms in total. The number of carbonyl (C=O) groups is 1. The van der Waals surface area contributed by atoms with Gasteiger partial charge < -0.3 is 16.4 Å². The molecule has 2 rings (SSSR count). The van der Waals surface area contributed by atoms with E-state index in [1.54, 1.807) is 29.1 Å². The van der Waals surface area contributed by atoms with Crippen molar-refractivity contribution in [3.8, 4) is 0 Å². The maximum Gasteiger partial charge on any atom is 0.248 e. The van der Waals surface area contributed by atoms with Crippen LogP contribution >= 0.6 is 0 Å². The Bertz CT molecular complexity index is 605. The van der Waals surface area contributed by atoms with E-state index in [1.165, 1.54) is 0 Å². The van der Waals surface area contributed by atoms with E-state index < -0.39 is 5.91 Å². The Morgan fingerprint density at radius 3 is 2.79 bits per heavy atom. The van der Waals surface area contributed by atoms with Gasteiger partial charge in [0.05, 0.1) is 17.6 Å². The number of amides is 1. The summed E-state index contributed by atoms with van der Waals surface area (Å²) in [6, 6.07) is 5.02. The molecule has 0 spiro atoms. The summed E-state index contributed by atoms with van der Waals surface area (Å²) < 4.78 is 1.74. The molecule has 0 bridgehead atoms. The van der Waals surface area contributed by atoms with Crippen LogP contribution in [0.5, 0.6) is 0 Å². The highest BCUT2D eigenvalue weighted by atomic mass is 16.1. The van der Waals surface area contributed by atoms with E-state index in [-0.39, 0.29) is 0 Å². The van der Waals surface area contributed by atoms with Crippen molar-refractivity contribution in [3.63, 3.8) is 0 Å². The lowest BCUT2D eigenvalue weighted by Gasteiger charge is -2.20. The number of carbonyl (C=O) groups excluding carboxylic acids is 1. The van der Waals surface area contributed by atoms with E-state index in [4.69, 9.17) is 11.5 Å². The number of aromatic nitrogens is 2. The third kappa shape index (κ3) is 2.85. The number of benzene rings is 1. The van der Waals surface area contributed by atoms with Crippen molar-refractivity contribution >= 4 is 17.3 Å². The molecule has 1 amide bonds. The van der Waals surface area contributed by atoms with Gasteiger partial charge in [0.2, 0.25) is 5.91 Å². The second kappa shape index (κ2) is 5.01. The molecule has 0 radical (unpaired) electrons. The highest BCUT2D eigenvalue weighted by Crippen LogP contribution is 2.24. The molecule has 6 heteroatoms. The van der Waals surface area contributed by atoms with Gasteiger partial charge in [0.15, 0.2) is 0 Å². The van der Waals surface area contributed by atoms with Crippen LogP contribution in [0.4, 0.5) is 11.4 Å². The van der Waals surface area contributed by atoms with E-state index in [1.807, 2.05) is 25.2 Å². The molecule has 100 valence electrons. The Labute approximate surface area is 111 Å². The number of nitrogen functional groups attached to an aromatic ring is 1. The standard InChI is InChI=1S/C13H17N5O/c1-17(7-9-6-16-18(2)8-9)12-5-10(13(15)19)3-4-11(12)14/h3-6,8H,7,14H2,1-2H3,(H2,15,19). The second-order valence-electron chi connectivity index (χ2n) is 4.52. The average Bonchev–Trinajstić information content (AvgIpc) is 2.74. The average molecular weight is 259 g/mol. The van der Waals surface area contributed by atoms with Gasteiger partial charge in [-0.15, -0.1) is 0 Å². The fraction of sp³-hybridized carbons (Fsp3) is 0.231. The van der Waals surface area contributed by atoms with Crippen LogP contribution in [0.2, 0.25) is 0 Å². The summed E-state index contributed by atoms with van der Waals surface area (Å²) in [6.07, 6.45) is 3.73. The predicted octanol–water partition coefficient (Wildman–Crippen LogP) is 0.738. The van der Waals surface area contributed by atoms with Crippen LogP contribution in [0.1, 0.15) is 15.9 Å². The zero-order valence-corrected chi connectivity index (χ0v) is 11.0. The molecule has 1 heterocycles. The van der Waals surface area contributed by atoms with Crippen LogP contribution in [0.25, 0.3) is 0 Å². The molecule has 1 aromatic heterocycles. The molecule has 1 aromatic carbocycles. The number of aryl methyl sites for hydroxylation is 1. The minimum atomic E-state index is -0.462. The molecule has 2 aromatic rings. The van der Waals surface area contributed by atoms with E-state index in [2.05, 4.69) is 5.10 Å². The molecule has 0 atom stereocenters. The summed E-state index contributed by atoms with van der Waals surface area (Å²) in [7, 11) is 3.77. The van der Waals surface area contributed by atoms with Gasteiger partial charge in [0.1, 0.15) is 0 Å². The summed E-state index contributed by atoms with van der Waals surface area (Å²) in [4.78, 5) is 13.2. The topological polar surface area (TPSA) is 90.2 Å². The van der Waals surface area contributed by atoms with Crippen molar-refractivity contribution in [2.75, 3.05) is 17.7 Å². The lowest BCUT2D eigenvalue weighted by atomic mass is 10.1. The third-order valence-corrected chi connectivity index (χ3v) is 2.90. The van der Waals surface area contributed by atoms with Crippen LogP contribution < -0.4 is 16.4 Å². The maximum atomic E-state index is 11.2. The van der Waals surface area contributed by atoms with Gasteiger partial charge in [-0.3, -0.25) is 9.48 Å². The van der Waals surface area contributed by atoms with Crippen molar-refractivity contribution < 1.29 is 4.79 Å². The van der Waals surface area contributed by atoms with E-state index in [0.29, 0.717) is 17.8 Å². The fourth-order valence-electron chi connectivity index (χ4n) is 1.94. The van der Waals surface area contributed by atoms with Crippen molar-refractivity contribution in [1.29, 1.82) is 0 Å². The number of primary amides is 1. The van der Waals surface area contributed by atoms with E-state index >= 15 is 0 Å². The Morgan fingerprint density at radius 2 is 2.21 bits per heavy atom. The zero-order chi connectivity index (χ0) is 14.0. The number of anilines is 2. The molecule has 4 N–H and O–H groups in total. The second-order valence-corrected chi connectivity index (χ2v) is 4.52. The van der Waals surface area contributed by atoms with Gasteiger partial charge in [-0.1, -0.05) is 0 Å². The van der Waals surface area contributed by atoms with Gasteiger partial charge in [-0.2, -0.15) is 5.10 Å². The van der Waals surface area contributed by atoms with Crippen molar-refractivity contribution in [1.82, 2.24) is 9.78 Å². The Balaban J connectivity index is 2.25. The summed E-state index contributed by atoms with van der Waals surface area (Å²) in [6.45, 7) is 0.653. The number of nitrogens with zero attached hydrogens (tertiary/aromatic N) is 3. The molecule has 0 saturated heterocycles. The number of nitrogens with two attached hydrogens (primary N) is 2. The highest BCUT2D eigenvalue weighted by Gasteiger charge is 2.10. The molecule has 0 unspecified atom stereocenters. The van der Waals surface area contributed by atoms with Crippen LogP contribution in [0.3, 0.4) is 0 Å². The summed E-state index contributed by atoms with van der Waals surface area (Å²) >= 11 is 0. The van der Waals surface area contributed by atoms with Crippen LogP contribution in [-0.2, 0) is 13.6 Å². The highest BCUT2D eigenvalue weighted by molar-refractivity contribution is 5.95. The minimum Gasteiger partial charge on any atom is -0.397 e. The number of hydrogen-bond acceptors (Lipinski definition) is 4. The largest absolute Gasteiger partial charge is 0.397 e. The van der Waals surface area contributed by atoms with E-state index in [0.717, 1.165) is 11.3 Å². The predicted molar refractivity (Wildman–Crippen MR) is 74.7 cm³/mol. The van der Waals surface area contributed by atoms with Crippen molar-refractivity contribution in [2.24, 2.45) is 12.8 Å². The quantitative estimate of drug-likeness (QED) is 0.792. The molecule has 0 aliphatic heterocycles. The molecule has 0 fully saturated rings. The van der Waals surface area contributed by atoms with Crippen LogP contribution in [0.15, 0.2) is 30.6 Å². The summed E-state index contributed by atoms with van der Waals surface area (Å²) in [5.74, 6) is -0.462. The van der Waals surface area contributed by atoms with E-state index in [9.17, 15) is 4.79 Å². The first kappa shape index (κ1) is 12.9. The lowest BCUT2D eigenvalue weighted by Crippen LogP contribution is -2.19. The summed E-state index contributed by atoms with van der Waals surface area (Å²) in [5.41, 5.74) is 14.1. The van der Waals surface area contributed by atoms with Gasteiger partial charge >= 0.3 is 0 Å². The Hall–Kier alpha value is -2.50. The van der Waals surface area contributed by atoms with Crippen LogP contribution in [0, 0.1) is 0 Å². The first-order valence-corrected chi connectivity index (χ1v) is 5.85. The van der Waals surface area contributed by atoms with Gasteiger partial charge in [-0.25, -0.2) is 0 Å². The van der Waals surface area contributed by atoms with Gasteiger partial charge in [-0.05, 0) is 18.2 Å². The normalized spacial score (nSPS) is 10.4. The first-order valence-electron chi connectivity index (χ1n) is 5.85. The smallest absolute Gasteiger partial charge is 0.248 e. The van der Waals surface area contributed by atoms with Gasteiger partial charge in [0.25, 0.3) is 0 Å². The van der Waals surface area contributed by atoms with Crippen LogP contribution in [-0.4, -0.2) is 22.7 Å². The van der Waals surface area contributed by atoms with Crippen molar-refractivity contribution in [3.05, 3.63) is 41.7 Å². The lowest BCUT2D eigenvalue weighted by molar-refractivity contribution is 0.100. The Kier molecular flexibility index (Phi) is 3.41. The number of rotatable bonds is 4. The SMILES string of the molecule is CN(Cc1cnn(C)c1)c1cc(C(N)=O)ccc1N. The summed E-state index contributed by atoms with van der Waals surface area (Å²) in [5, 5.41) is 4.12. The first-order chi connectivity index (χ1) is 8.97. The molecule has 0 aliphatic rings. The minimum absolute atomic E-state index is 0.447. The van der Waals surface area contributed by atoms with Crippen molar-refractivity contribution in [2.45, 2.75) is 6.54 Å². The number of hydrogen-bond donors (Lipinski definition) is 2. The molecule has 0 aliphatic carbocycles. The third-order valence-electron chi connectivity index (χ3n) is 2.90. The molecule has 19 heavy (non-hydrogen) atoms.